The largest absolute Gasteiger partial charge is 0.369 e. The highest BCUT2D eigenvalue weighted by molar-refractivity contribution is 5.92. The Bertz CT molecular complexity index is 750. The first-order chi connectivity index (χ1) is 13.5. The van der Waals surface area contributed by atoms with E-state index in [9.17, 15) is 4.79 Å². The second-order valence-corrected chi connectivity index (χ2v) is 7.83. The normalized spacial score (nSPS) is 14.9. The van der Waals surface area contributed by atoms with Crippen molar-refractivity contribution in [3.8, 4) is 0 Å². The summed E-state index contributed by atoms with van der Waals surface area (Å²) < 4.78 is 0. The van der Waals surface area contributed by atoms with E-state index in [1.165, 1.54) is 5.69 Å². The predicted molar refractivity (Wildman–Crippen MR) is 115 cm³/mol. The maximum absolute atomic E-state index is 12.1. The number of carbonyl (C=O) groups excluding carboxylic acids is 1. The van der Waals surface area contributed by atoms with Crippen LogP contribution in [0, 0.1) is 5.92 Å². The van der Waals surface area contributed by atoms with Crippen molar-refractivity contribution in [2.45, 2.75) is 20.3 Å². The number of anilines is 3. The third-order valence-electron chi connectivity index (χ3n) is 5.03. The van der Waals surface area contributed by atoms with Crippen LogP contribution in [-0.2, 0) is 0 Å². The molecule has 2 N–H and O–H groups in total. The molecule has 1 aromatic carbocycles. The highest BCUT2D eigenvalue weighted by Gasteiger charge is 2.14. The summed E-state index contributed by atoms with van der Waals surface area (Å²) in [5.41, 5.74) is 3.57. The standard InChI is InChI=1S/C22H31N5O/c1-17(2)10-11-23-22(28)21-9-6-19(16-24-21)25-18-4-7-20(8-5-18)27-14-12-26(3)13-15-27/h4-9,16-17,25H,10-15H2,1-3H3,(H,23,28). The molecule has 0 saturated carbocycles. The van der Waals surface area contributed by atoms with Crippen molar-refractivity contribution in [3.05, 3.63) is 48.3 Å². The molecular formula is C22H31N5O. The Morgan fingerprint density at radius 3 is 2.32 bits per heavy atom. The Balaban J connectivity index is 1.53. The Morgan fingerprint density at radius 1 is 1.04 bits per heavy atom. The van der Waals surface area contributed by atoms with Crippen LogP contribution in [0.15, 0.2) is 42.6 Å². The fraction of sp³-hybridized carbons (Fsp3) is 0.455. The average molecular weight is 382 g/mol. The summed E-state index contributed by atoms with van der Waals surface area (Å²) in [6.45, 7) is 9.29. The third-order valence-corrected chi connectivity index (χ3v) is 5.03. The predicted octanol–water partition coefficient (Wildman–Crippen LogP) is 3.35. The zero-order valence-electron chi connectivity index (χ0n) is 17.1. The van der Waals surface area contributed by atoms with E-state index in [2.05, 4.69) is 70.6 Å². The molecule has 28 heavy (non-hydrogen) atoms. The molecule has 1 fully saturated rings. The van der Waals surface area contributed by atoms with Gasteiger partial charge in [-0.15, -0.1) is 0 Å². The fourth-order valence-electron chi connectivity index (χ4n) is 3.15. The number of benzene rings is 1. The molecule has 0 bridgehead atoms. The highest BCUT2D eigenvalue weighted by Crippen LogP contribution is 2.22. The number of hydrogen-bond acceptors (Lipinski definition) is 5. The van der Waals surface area contributed by atoms with Crippen molar-refractivity contribution >= 4 is 23.0 Å². The summed E-state index contributed by atoms with van der Waals surface area (Å²) in [6, 6.07) is 12.1. The van der Waals surface area contributed by atoms with Crippen molar-refractivity contribution in [1.82, 2.24) is 15.2 Å². The molecule has 6 heteroatoms. The number of nitrogens with zero attached hydrogens (tertiary/aromatic N) is 3. The van der Waals surface area contributed by atoms with Gasteiger partial charge in [-0.25, -0.2) is 4.98 Å². The lowest BCUT2D eigenvalue weighted by molar-refractivity contribution is 0.0947. The van der Waals surface area contributed by atoms with Crippen molar-refractivity contribution in [1.29, 1.82) is 0 Å². The van der Waals surface area contributed by atoms with Gasteiger partial charge in [-0.3, -0.25) is 4.79 Å². The topological polar surface area (TPSA) is 60.5 Å². The molecule has 0 unspecified atom stereocenters. The fourth-order valence-corrected chi connectivity index (χ4v) is 3.15. The second-order valence-electron chi connectivity index (χ2n) is 7.83. The van der Waals surface area contributed by atoms with Crippen LogP contribution in [0.3, 0.4) is 0 Å². The van der Waals surface area contributed by atoms with Crippen LogP contribution in [0.4, 0.5) is 17.1 Å². The van der Waals surface area contributed by atoms with Gasteiger partial charge in [0.25, 0.3) is 5.91 Å². The summed E-state index contributed by atoms with van der Waals surface area (Å²) in [5.74, 6) is 0.450. The molecule has 1 amide bonds. The van der Waals surface area contributed by atoms with E-state index in [0.717, 1.165) is 44.0 Å². The molecule has 150 valence electrons. The SMILES string of the molecule is CC(C)CCNC(=O)c1ccc(Nc2ccc(N3CCN(C)CC3)cc2)cn1. The van der Waals surface area contributed by atoms with Crippen LogP contribution >= 0.6 is 0 Å². The first-order valence-corrected chi connectivity index (χ1v) is 10.1. The molecule has 2 aromatic rings. The van der Waals surface area contributed by atoms with E-state index in [-0.39, 0.29) is 5.91 Å². The van der Waals surface area contributed by atoms with Crippen LogP contribution in [0.1, 0.15) is 30.8 Å². The Labute approximate surface area is 167 Å². The minimum Gasteiger partial charge on any atom is -0.369 e. The van der Waals surface area contributed by atoms with Crippen molar-refractivity contribution in [2.75, 3.05) is 50.0 Å². The van der Waals surface area contributed by atoms with Crippen molar-refractivity contribution in [3.63, 3.8) is 0 Å². The van der Waals surface area contributed by atoms with Gasteiger partial charge in [-0.05, 0) is 55.8 Å². The van der Waals surface area contributed by atoms with Crippen LogP contribution in [0.5, 0.6) is 0 Å². The summed E-state index contributed by atoms with van der Waals surface area (Å²) in [6.07, 6.45) is 2.67. The highest BCUT2D eigenvalue weighted by atomic mass is 16.1. The number of hydrogen-bond donors (Lipinski definition) is 2. The van der Waals surface area contributed by atoms with Crippen molar-refractivity contribution in [2.24, 2.45) is 5.92 Å². The number of pyridine rings is 1. The zero-order valence-corrected chi connectivity index (χ0v) is 17.1. The van der Waals surface area contributed by atoms with Gasteiger partial charge in [0.1, 0.15) is 5.69 Å². The van der Waals surface area contributed by atoms with Crippen LogP contribution < -0.4 is 15.5 Å². The molecule has 3 rings (SSSR count). The van der Waals surface area contributed by atoms with Gasteiger partial charge in [-0.2, -0.15) is 0 Å². The molecule has 0 spiro atoms. The van der Waals surface area contributed by atoms with Gasteiger partial charge < -0.3 is 20.4 Å². The average Bonchev–Trinajstić information content (AvgIpc) is 2.69. The van der Waals surface area contributed by atoms with Crippen LogP contribution in [0.2, 0.25) is 0 Å². The lowest BCUT2D eigenvalue weighted by atomic mass is 10.1. The van der Waals surface area contributed by atoms with E-state index in [1.54, 1.807) is 12.3 Å². The summed E-state index contributed by atoms with van der Waals surface area (Å²) in [5, 5.41) is 6.25. The van der Waals surface area contributed by atoms with Crippen LogP contribution in [0.25, 0.3) is 0 Å². The second kappa shape index (κ2) is 9.55. The molecule has 6 nitrogen and oxygen atoms in total. The number of likely N-dealkylation sites (N-methyl/N-ethyl adjacent to an activating group) is 1. The summed E-state index contributed by atoms with van der Waals surface area (Å²) in [7, 11) is 2.17. The minimum absolute atomic E-state index is 0.122. The first kappa shape index (κ1) is 20.1. The number of amides is 1. The molecule has 1 aliphatic heterocycles. The summed E-state index contributed by atoms with van der Waals surface area (Å²) >= 11 is 0. The number of rotatable bonds is 7. The molecule has 1 aliphatic rings. The molecule has 1 saturated heterocycles. The maximum atomic E-state index is 12.1. The molecule has 2 heterocycles. The van der Waals surface area contributed by atoms with Gasteiger partial charge in [0.05, 0.1) is 11.9 Å². The van der Waals surface area contributed by atoms with Gasteiger partial charge in [-0.1, -0.05) is 13.8 Å². The van der Waals surface area contributed by atoms with Crippen LogP contribution in [-0.4, -0.2) is 55.6 Å². The molecular weight excluding hydrogens is 350 g/mol. The number of carbonyl (C=O) groups is 1. The van der Waals surface area contributed by atoms with E-state index in [0.29, 0.717) is 18.2 Å². The third kappa shape index (κ3) is 5.70. The van der Waals surface area contributed by atoms with Gasteiger partial charge in [0.15, 0.2) is 0 Å². The summed E-state index contributed by atoms with van der Waals surface area (Å²) in [4.78, 5) is 21.2. The number of aromatic nitrogens is 1. The number of nitrogens with one attached hydrogen (secondary N) is 2. The maximum Gasteiger partial charge on any atom is 0.269 e. The Hall–Kier alpha value is -2.60. The Morgan fingerprint density at radius 2 is 1.71 bits per heavy atom. The van der Waals surface area contributed by atoms with E-state index in [1.807, 2.05) is 6.07 Å². The van der Waals surface area contributed by atoms with Gasteiger partial charge in [0, 0.05) is 44.1 Å². The van der Waals surface area contributed by atoms with E-state index >= 15 is 0 Å². The van der Waals surface area contributed by atoms with Gasteiger partial charge >= 0.3 is 0 Å². The first-order valence-electron chi connectivity index (χ1n) is 10.1. The van der Waals surface area contributed by atoms with E-state index in [4.69, 9.17) is 0 Å². The monoisotopic (exact) mass is 381 g/mol. The molecule has 0 aliphatic carbocycles. The molecule has 0 atom stereocenters. The lowest BCUT2D eigenvalue weighted by Gasteiger charge is -2.34. The Kier molecular flexibility index (Phi) is 6.87. The zero-order chi connectivity index (χ0) is 19.9. The van der Waals surface area contributed by atoms with Crippen molar-refractivity contribution < 1.29 is 4.79 Å². The van der Waals surface area contributed by atoms with Gasteiger partial charge in [0.2, 0.25) is 0 Å². The molecule has 1 aromatic heterocycles. The minimum atomic E-state index is -0.122. The number of piperazine rings is 1. The smallest absolute Gasteiger partial charge is 0.269 e. The van der Waals surface area contributed by atoms with E-state index < -0.39 is 0 Å². The molecule has 0 radical (unpaired) electrons. The quantitative estimate of drug-likeness (QED) is 0.770. The lowest BCUT2D eigenvalue weighted by Crippen LogP contribution is -2.44.